The van der Waals surface area contributed by atoms with Crippen molar-refractivity contribution in [3.05, 3.63) is 108 Å². The molecule has 0 aliphatic heterocycles. The quantitative estimate of drug-likeness (QED) is 0.197. The van der Waals surface area contributed by atoms with Crippen molar-refractivity contribution < 1.29 is 9.59 Å². The molecule has 0 bridgehead atoms. The zero-order chi connectivity index (χ0) is 26.5. The first-order valence-corrected chi connectivity index (χ1v) is 14.1. The maximum atomic E-state index is 13.1. The average molecular weight is 538 g/mol. The van der Waals surface area contributed by atoms with Crippen LogP contribution in [-0.4, -0.2) is 22.0 Å². The molecule has 7 heteroatoms. The first kappa shape index (κ1) is 25.7. The van der Waals surface area contributed by atoms with Gasteiger partial charge in [-0.15, -0.1) is 23.1 Å². The molecule has 1 atom stereocenters. The van der Waals surface area contributed by atoms with Crippen molar-refractivity contribution in [2.75, 3.05) is 10.6 Å². The van der Waals surface area contributed by atoms with Gasteiger partial charge in [-0.3, -0.25) is 9.59 Å². The zero-order valence-electron chi connectivity index (χ0n) is 21.1. The highest BCUT2D eigenvalue weighted by molar-refractivity contribution is 8.00. The average Bonchev–Trinajstić information content (AvgIpc) is 3.40. The van der Waals surface area contributed by atoms with Gasteiger partial charge in [-0.1, -0.05) is 73.2 Å². The van der Waals surface area contributed by atoms with Crippen LogP contribution >= 0.6 is 23.1 Å². The molecule has 1 heterocycles. The lowest BCUT2D eigenvalue weighted by molar-refractivity contribution is -0.115. The number of benzene rings is 4. The highest BCUT2D eigenvalue weighted by atomic mass is 32.2. The van der Waals surface area contributed by atoms with Crippen molar-refractivity contribution in [2.24, 2.45) is 0 Å². The summed E-state index contributed by atoms with van der Waals surface area (Å²) in [6.45, 7) is 4.04. The summed E-state index contributed by atoms with van der Waals surface area (Å²) in [5.74, 6) is -0.260. The van der Waals surface area contributed by atoms with Crippen molar-refractivity contribution >= 4 is 56.5 Å². The van der Waals surface area contributed by atoms with Gasteiger partial charge in [-0.2, -0.15) is 0 Å². The number of amides is 2. The van der Waals surface area contributed by atoms with Gasteiger partial charge in [0.1, 0.15) is 0 Å². The lowest BCUT2D eigenvalue weighted by atomic mass is 10.1. The Labute approximate surface area is 230 Å². The van der Waals surface area contributed by atoms with Crippen LogP contribution in [0.5, 0.6) is 0 Å². The Kier molecular flexibility index (Phi) is 7.86. The van der Waals surface area contributed by atoms with Crippen molar-refractivity contribution in [1.29, 1.82) is 0 Å². The van der Waals surface area contributed by atoms with E-state index in [4.69, 9.17) is 0 Å². The van der Waals surface area contributed by atoms with Gasteiger partial charge in [-0.05, 0) is 54.4 Å². The van der Waals surface area contributed by atoms with E-state index in [1.165, 1.54) is 28.7 Å². The smallest absolute Gasteiger partial charge is 0.255 e. The number of hydrogen-bond acceptors (Lipinski definition) is 5. The van der Waals surface area contributed by atoms with Crippen LogP contribution in [0.2, 0.25) is 0 Å². The van der Waals surface area contributed by atoms with Crippen molar-refractivity contribution in [3.63, 3.8) is 0 Å². The molecule has 0 aliphatic carbocycles. The fourth-order valence-electron chi connectivity index (χ4n) is 4.04. The van der Waals surface area contributed by atoms with E-state index in [-0.39, 0.29) is 17.1 Å². The van der Waals surface area contributed by atoms with Gasteiger partial charge in [0.05, 0.1) is 10.9 Å². The summed E-state index contributed by atoms with van der Waals surface area (Å²) >= 11 is 2.89. The predicted molar refractivity (Wildman–Crippen MR) is 159 cm³/mol. The summed E-state index contributed by atoms with van der Waals surface area (Å²) in [7, 11) is 0. The van der Waals surface area contributed by atoms with E-state index < -0.39 is 0 Å². The van der Waals surface area contributed by atoms with Gasteiger partial charge in [-0.25, -0.2) is 4.98 Å². The Morgan fingerprint density at radius 2 is 1.68 bits per heavy atom. The van der Waals surface area contributed by atoms with Gasteiger partial charge >= 0.3 is 0 Å². The number of thioether (sulfide) groups is 1. The molecular formula is C31H27N3O2S2. The molecule has 1 aromatic heterocycles. The Balaban J connectivity index is 1.23. The fourth-order valence-corrected chi connectivity index (χ4v) is 5.78. The third-order valence-corrected chi connectivity index (χ3v) is 8.24. The number of fused-ring (bicyclic) bond motifs is 1. The topological polar surface area (TPSA) is 71.1 Å². The molecule has 0 saturated carbocycles. The van der Waals surface area contributed by atoms with Gasteiger partial charge in [0.15, 0.2) is 5.13 Å². The van der Waals surface area contributed by atoms with Crippen molar-refractivity contribution in [1.82, 2.24) is 4.98 Å². The third-order valence-electron chi connectivity index (χ3n) is 6.13. The number of carbonyl (C=O) groups is 2. The number of aryl methyl sites for hydroxylation is 1. The van der Waals surface area contributed by atoms with Crippen molar-refractivity contribution in [2.45, 2.75) is 30.4 Å². The largest absolute Gasteiger partial charge is 0.322 e. The first-order chi connectivity index (χ1) is 18.5. The van der Waals surface area contributed by atoms with E-state index in [9.17, 15) is 9.59 Å². The van der Waals surface area contributed by atoms with Crippen LogP contribution in [0.3, 0.4) is 0 Å². The number of anilines is 2. The summed E-state index contributed by atoms with van der Waals surface area (Å²) in [6.07, 6.45) is 0.653. The van der Waals surface area contributed by atoms with Gasteiger partial charge in [0.25, 0.3) is 5.91 Å². The number of rotatable bonds is 8. The molecule has 2 amide bonds. The standard InChI is InChI=1S/C31H27N3O2S2/c1-3-28(30(36)34-31-33-27(19-37-31)22-13-11-20(2)12-14-22)38-26-10-6-9-25(18-26)32-29(35)24-16-15-21-7-4-5-8-23(21)17-24/h4-19,28H,3H2,1-2H3,(H,32,35)(H,33,34,36). The number of thiazole rings is 1. The van der Waals surface area contributed by atoms with Crippen LogP contribution in [0.25, 0.3) is 22.0 Å². The molecule has 1 unspecified atom stereocenters. The van der Waals surface area contributed by atoms with Crippen LogP contribution in [0.15, 0.2) is 101 Å². The molecule has 0 fully saturated rings. The van der Waals surface area contributed by atoms with Gasteiger partial charge < -0.3 is 10.6 Å². The summed E-state index contributed by atoms with van der Waals surface area (Å²) < 4.78 is 0. The second-order valence-corrected chi connectivity index (χ2v) is 11.1. The number of aromatic nitrogens is 1. The Bertz CT molecular complexity index is 1590. The Morgan fingerprint density at radius 1 is 0.895 bits per heavy atom. The van der Waals surface area contributed by atoms with E-state index >= 15 is 0 Å². The van der Waals surface area contributed by atoms with E-state index in [2.05, 4.69) is 27.8 Å². The van der Waals surface area contributed by atoms with E-state index in [1.807, 2.05) is 98.1 Å². The first-order valence-electron chi connectivity index (χ1n) is 12.4. The molecule has 0 radical (unpaired) electrons. The lowest BCUT2D eigenvalue weighted by Crippen LogP contribution is -2.24. The summed E-state index contributed by atoms with van der Waals surface area (Å²) in [4.78, 5) is 31.5. The maximum Gasteiger partial charge on any atom is 0.255 e. The lowest BCUT2D eigenvalue weighted by Gasteiger charge is -2.14. The molecule has 0 aliphatic rings. The number of carbonyl (C=O) groups excluding carboxylic acids is 2. The molecule has 5 rings (SSSR count). The summed E-state index contributed by atoms with van der Waals surface area (Å²) in [6, 6.07) is 29.4. The monoisotopic (exact) mass is 537 g/mol. The van der Waals surface area contributed by atoms with Crippen LogP contribution in [0, 0.1) is 6.92 Å². The van der Waals surface area contributed by atoms with E-state index in [1.54, 1.807) is 0 Å². The van der Waals surface area contributed by atoms with Crippen LogP contribution in [-0.2, 0) is 4.79 Å². The van der Waals surface area contributed by atoms with Crippen LogP contribution < -0.4 is 10.6 Å². The maximum absolute atomic E-state index is 13.1. The van der Waals surface area contributed by atoms with Gasteiger partial charge in [0.2, 0.25) is 5.91 Å². The SMILES string of the molecule is CCC(Sc1cccc(NC(=O)c2ccc3ccccc3c2)c1)C(=O)Nc1nc(-c2ccc(C)cc2)cs1. The molecule has 0 saturated heterocycles. The number of nitrogens with one attached hydrogen (secondary N) is 2. The van der Waals surface area contributed by atoms with Gasteiger partial charge in [0, 0.05) is 27.1 Å². The highest BCUT2D eigenvalue weighted by Gasteiger charge is 2.20. The van der Waals surface area contributed by atoms with E-state index in [0.717, 1.165) is 26.9 Å². The molecule has 0 spiro atoms. The minimum absolute atomic E-state index is 0.0899. The van der Waals surface area contributed by atoms with Crippen LogP contribution in [0.4, 0.5) is 10.8 Å². The molecule has 190 valence electrons. The molecule has 5 nitrogen and oxygen atoms in total. The molecule has 38 heavy (non-hydrogen) atoms. The highest BCUT2D eigenvalue weighted by Crippen LogP contribution is 2.30. The number of nitrogens with zero attached hydrogens (tertiary/aromatic N) is 1. The van der Waals surface area contributed by atoms with Crippen LogP contribution in [0.1, 0.15) is 29.3 Å². The van der Waals surface area contributed by atoms with E-state index in [0.29, 0.717) is 22.8 Å². The minimum atomic E-state index is -0.298. The second-order valence-electron chi connectivity index (χ2n) is 8.95. The molecule has 5 aromatic rings. The predicted octanol–water partition coefficient (Wildman–Crippen LogP) is 8.03. The third kappa shape index (κ3) is 6.13. The molecule has 4 aromatic carbocycles. The second kappa shape index (κ2) is 11.6. The molecule has 2 N–H and O–H groups in total. The Hall–Kier alpha value is -3.94. The summed E-state index contributed by atoms with van der Waals surface area (Å²) in [5, 5.41) is 10.3. The Morgan fingerprint density at radius 3 is 2.47 bits per heavy atom. The number of hydrogen-bond donors (Lipinski definition) is 2. The zero-order valence-corrected chi connectivity index (χ0v) is 22.7. The normalized spacial score (nSPS) is 11.7. The minimum Gasteiger partial charge on any atom is -0.322 e. The van der Waals surface area contributed by atoms with Crippen molar-refractivity contribution in [3.8, 4) is 11.3 Å². The molecular weight excluding hydrogens is 510 g/mol. The fraction of sp³-hybridized carbons (Fsp3) is 0.129. The summed E-state index contributed by atoms with van der Waals surface area (Å²) in [5.41, 5.74) is 4.35.